The molecule has 0 fully saturated rings. The Balaban J connectivity index is 2.16. The highest BCUT2D eigenvalue weighted by Crippen LogP contribution is 2.21. The molecule has 0 radical (unpaired) electrons. The van der Waals surface area contributed by atoms with Crippen molar-refractivity contribution in [3.05, 3.63) is 30.3 Å². The average Bonchev–Trinajstić information content (AvgIpc) is 2.18. The number of thioether (sulfide) groups is 1. The van der Waals surface area contributed by atoms with Gasteiger partial charge in [0.25, 0.3) is 0 Å². The second-order valence-corrected chi connectivity index (χ2v) is 5.31. The van der Waals surface area contributed by atoms with E-state index in [9.17, 15) is 5.11 Å². The fourth-order valence-electron chi connectivity index (χ4n) is 1.59. The van der Waals surface area contributed by atoms with E-state index in [1.54, 1.807) is 0 Å². The van der Waals surface area contributed by atoms with E-state index in [1.165, 1.54) is 11.3 Å². The van der Waals surface area contributed by atoms with Crippen LogP contribution in [0.4, 0.5) is 0 Å². The Kier molecular flexibility index (Phi) is 5.81. The van der Waals surface area contributed by atoms with E-state index >= 15 is 0 Å². The fraction of sp³-hybridized carbons (Fsp3) is 0.538. The van der Waals surface area contributed by atoms with E-state index in [-0.39, 0.29) is 6.10 Å². The Labute approximate surface area is 96.9 Å². The maximum atomic E-state index is 9.23. The SMILES string of the molecule is CC(O)CC(C)CCSc1ccccc1. The van der Waals surface area contributed by atoms with Crippen molar-refractivity contribution < 1.29 is 5.11 Å². The topological polar surface area (TPSA) is 20.2 Å². The molecule has 0 amide bonds. The summed E-state index contributed by atoms with van der Waals surface area (Å²) in [6.07, 6.45) is 1.92. The van der Waals surface area contributed by atoms with Crippen LogP contribution in [-0.4, -0.2) is 17.0 Å². The van der Waals surface area contributed by atoms with Gasteiger partial charge in [-0.05, 0) is 43.6 Å². The minimum Gasteiger partial charge on any atom is -0.393 e. The first kappa shape index (κ1) is 12.6. The van der Waals surface area contributed by atoms with Crippen molar-refractivity contribution in [1.82, 2.24) is 0 Å². The van der Waals surface area contributed by atoms with Gasteiger partial charge in [0, 0.05) is 4.90 Å². The molecule has 1 rings (SSSR count). The van der Waals surface area contributed by atoms with E-state index in [0.29, 0.717) is 5.92 Å². The highest BCUT2D eigenvalue weighted by atomic mass is 32.2. The standard InChI is InChI=1S/C13H20OS/c1-11(10-12(2)14)8-9-15-13-6-4-3-5-7-13/h3-7,11-12,14H,8-10H2,1-2H3. The molecule has 1 aromatic carbocycles. The van der Waals surface area contributed by atoms with Crippen LogP contribution in [0.1, 0.15) is 26.7 Å². The van der Waals surface area contributed by atoms with Gasteiger partial charge in [0.1, 0.15) is 0 Å². The van der Waals surface area contributed by atoms with Crippen LogP contribution in [0.25, 0.3) is 0 Å². The summed E-state index contributed by atoms with van der Waals surface area (Å²) in [5.74, 6) is 1.75. The first-order valence-electron chi connectivity index (χ1n) is 5.54. The van der Waals surface area contributed by atoms with E-state index in [4.69, 9.17) is 0 Å². The van der Waals surface area contributed by atoms with Gasteiger partial charge >= 0.3 is 0 Å². The van der Waals surface area contributed by atoms with Crippen molar-refractivity contribution in [3.63, 3.8) is 0 Å². The molecule has 0 saturated heterocycles. The minimum absolute atomic E-state index is 0.165. The van der Waals surface area contributed by atoms with Crippen molar-refractivity contribution >= 4 is 11.8 Å². The molecule has 2 unspecified atom stereocenters. The summed E-state index contributed by atoms with van der Waals surface area (Å²) >= 11 is 1.89. The van der Waals surface area contributed by atoms with Gasteiger partial charge in [-0.25, -0.2) is 0 Å². The average molecular weight is 224 g/mol. The summed E-state index contributed by atoms with van der Waals surface area (Å²) in [6.45, 7) is 4.07. The van der Waals surface area contributed by atoms with Crippen LogP contribution in [0.5, 0.6) is 0 Å². The monoisotopic (exact) mass is 224 g/mol. The molecule has 0 spiro atoms. The lowest BCUT2D eigenvalue weighted by Gasteiger charge is -2.12. The Morgan fingerprint density at radius 2 is 1.87 bits per heavy atom. The molecule has 0 aliphatic rings. The third-order valence-corrected chi connectivity index (χ3v) is 3.41. The van der Waals surface area contributed by atoms with Gasteiger partial charge in [-0.3, -0.25) is 0 Å². The molecule has 0 aliphatic heterocycles. The summed E-state index contributed by atoms with van der Waals surface area (Å²) in [4.78, 5) is 1.33. The van der Waals surface area contributed by atoms with Gasteiger partial charge in [0.05, 0.1) is 6.10 Å². The molecule has 0 aromatic heterocycles. The first-order chi connectivity index (χ1) is 7.18. The van der Waals surface area contributed by atoms with Gasteiger partial charge in [0.2, 0.25) is 0 Å². The molecule has 0 aliphatic carbocycles. The van der Waals surface area contributed by atoms with Gasteiger partial charge in [-0.15, -0.1) is 11.8 Å². The molecule has 0 bridgehead atoms. The lowest BCUT2D eigenvalue weighted by atomic mass is 10.0. The van der Waals surface area contributed by atoms with Crippen molar-refractivity contribution in [2.45, 2.75) is 37.7 Å². The zero-order valence-electron chi connectivity index (χ0n) is 9.52. The third-order valence-electron chi connectivity index (χ3n) is 2.37. The Hall–Kier alpha value is -0.470. The predicted octanol–water partition coefficient (Wildman–Crippen LogP) is 3.58. The normalized spacial score (nSPS) is 14.9. The van der Waals surface area contributed by atoms with E-state index in [1.807, 2.05) is 24.8 Å². The first-order valence-corrected chi connectivity index (χ1v) is 6.53. The van der Waals surface area contributed by atoms with Crippen LogP contribution >= 0.6 is 11.8 Å². The molecule has 15 heavy (non-hydrogen) atoms. The van der Waals surface area contributed by atoms with Crippen molar-refractivity contribution in [2.75, 3.05) is 5.75 Å². The maximum Gasteiger partial charge on any atom is 0.0514 e. The lowest BCUT2D eigenvalue weighted by molar-refractivity contribution is 0.163. The summed E-state index contributed by atoms with van der Waals surface area (Å²) in [5, 5.41) is 9.23. The summed E-state index contributed by atoms with van der Waals surface area (Å²) < 4.78 is 0. The smallest absolute Gasteiger partial charge is 0.0514 e. The number of benzene rings is 1. The molecule has 0 saturated carbocycles. The minimum atomic E-state index is -0.165. The van der Waals surface area contributed by atoms with Gasteiger partial charge < -0.3 is 5.11 Å². The Morgan fingerprint density at radius 3 is 2.47 bits per heavy atom. The summed E-state index contributed by atoms with van der Waals surface area (Å²) in [6, 6.07) is 10.5. The van der Waals surface area contributed by atoms with E-state index in [0.717, 1.165) is 12.2 Å². The largest absolute Gasteiger partial charge is 0.393 e. The molecule has 1 aromatic rings. The maximum absolute atomic E-state index is 9.23. The quantitative estimate of drug-likeness (QED) is 0.745. The van der Waals surface area contributed by atoms with Crippen molar-refractivity contribution in [1.29, 1.82) is 0 Å². The molecule has 0 heterocycles. The number of hydrogen-bond acceptors (Lipinski definition) is 2. The molecule has 2 heteroatoms. The molecule has 2 atom stereocenters. The van der Waals surface area contributed by atoms with E-state index in [2.05, 4.69) is 31.2 Å². The van der Waals surface area contributed by atoms with Crippen molar-refractivity contribution in [2.24, 2.45) is 5.92 Å². The van der Waals surface area contributed by atoms with E-state index < -0.39 is 0 Å². The Bertz CT molecular complexity index is 258. The predicted molar refractivity (Wildman–Crippen MR) is 67.2 cm³/mol. The number of aliphatic hydroxyl groups is 1. The van der Waals surface area contributed by atoms with Crippen LogP contribution in [-0.2, 0) is 0 Å². The number of hydrogen-bond donors (Lipinski definition) is 1. The lowest BCUT2D eigenvalue weighted by Crippen LogP contribution is -2.07. The van der Waals surface area contributed by atoms with Crippen LogP contribution in [0.3, 0.4) is 0 Å². The summed E-state index contributed by atoms with van der Waals surface area (Å²) in [5.41, 5.74) is 0. The zero-order valence-corrected chi connectivity index (χ0v) is 10.3. The molecule has 1 nitrogen and oxygen atoms in total. The molecule has 84 valence electrons. The summed E-state index contributed by atoms with van der Waals surface area (Å²) in [7, 11) is 0. The van der Waals surface area contributed by atoms with Crippen molar-refractivity contribution in [3.8, 4) is 0 Å². The molecular weight excluding hydrogens is 204 g/mol. The number of aliphatic hydroxyl groups excluding tert-OH is 1. The van der Waals surface area contributed by atoms with Gasteiger partial charge in [-0.2, -0.15) is 0 Å². The third kappa shape index (κ3) is 5.85. The van der Waals surface area contributed by atoms with Gasteiger partial charge in [-0.1, -0.05) is 25.1 Å². The zero-order chi connectivity index (χ0) is 11.1. The van der Waals surface area contributed by atoms with Crippen LogP contribution < -0.4 is 0 Å². The second-order valence-electron chi connectivity index (χ2n) is 4.14. The van der Waals surface area contributed by atoms with Gasteiger partial charge in [0.15, 0.2) is 0 Å². The highest BCUT2D eigenvalue weighted by molar-refractivity contribution is 7.99. The van der Waals surface area contributed by atoms with Crippen LogP contribution in [0.2, 0.25) is 0 Å². The Morgan fingerprint density at radius 1 is 1.20 bits per heavy atom. The molecular formula is C13H20OS. The molecule has 1 N–H and O–H groups in total. The highest BCUT2D eigenvalue weighted by Gasteiger charge is 2.05. The number of rotatable bonds is 6. The van der Waals surface area contributed by atoms with Crippen LogP contribution in [0.15, 0.2) is 35.2 Å². The second kappa shape index (κ2) is 6.91. The van der Waals surface area contributed by atoms with Crippen LogP contribution in [0, 0.1) is 5.92 Å². The fourth-order valence-corrected chi connectivity index (χ4v) is 2.70.